The van der Waals surface area contributed by atoms with E-state index in [1.165, 1.54) is 13.0 Å². The zero-order chi connectivity index (χ0) is 12.6. The molecule has 2 atom stereocenters. The second kappa shape index (κ2) is 4.11. The first-order chi connectivity index (χ1) is 7.12. The van der Waals surface area contributed by atoms with E-state index in [1.54, 1.807) is 19.9 Å². The summed E-state index contributed by atoms with van der Waals surface area (Å²) >= 11 is 0. The van der Waals surface area contributed by atoms with Gasteiger partial charge >= 0.3 is 0 Å². The number of aliphatic hydroxyl groups is 2. The number of carbonyl (C=O) groups is 2. The molecule has 0 heterocycles. The Kier molecular flexibility index (Phi) is 3.35. The van der Waals surface area contributed by atoms with Crippen molar-refractivity contribution in [3.05, 3.63) is 12.2 Å². The van der Waals surface area contributed by atoms with E-state index in [-0.39, 0.29) is 12.8 Å². The van der Waals surface area contributed by atoms with Crippen LogP contribution in [0.4, 0.5) is 0 Å². The summed E-state index contributed by atoms with van der Waals surface area (Å²) < 4.78 is 0. The molecule has 0 aromatic carbocycles. The van der Waals surface area contributed by atoms with Crippen LogP contribution in [0.5, 0.6) is 0 Å². The van der Waals surface area contributed by atoms with Gasteiger partial charge in [-0.05, 0) is 20.8 Å². The van der Waals surface area contributed by atoms with Gasteiger partial charge in [-0.1, -0.05) is 12.2 Å². The summed E-state index contributed by atoms with van der Waals surface area (Å²) in [5, 5.41) is 19.5. The number of hydrogen-bond acceptors (Lipinski definition) is 4. The average Bonchev–Trinajstić information content (AvgIpc) is 2.07. The van der Waals surface area contributed by atoms with Gasteiger partial charge < -0.3 is 10.2 Å². The Balaban J connectivity index is 2.83. The second-order valence-electron chi connectivity index (χ2n) is 5.20. The van der Waals surface area contributed by atoms with Crippen molar-refractivity contribution in [2.24, 2.45) is 5.92 Å². The van der Waals surface area contributed by atoms with Crippen molar-refractivity contribution < 1.29 is 19.8 Å². The molecular formula is C12H18O4. The van der Waals surface area contributed by atoms with Crippen LogP contribution in [-0.2, 0) is 9.59 Å². The highest BCUT2D eigenvalue weighted by Crippen LogP contribution is 2.31. The number of Topliss-reactive ketones (excluding diaryl/α,β-unsaturated/α-hetero) is 2. The highest BCUT2D eigenvalue weighted by Gasteiger charge is 2.41. The smallest absolute Gasteiger partial charge is 0.201 e. The van der Waals surface area contributed by atoms with Crippen molar-refractivity contribution in [3.8, 4) is 0 Å². The molecule has 0 aliphatic heterocycles. The number of carbonyl (C=O) groups excluding carboxylic acids is 2. The normalized spacial score (nSPS) is 32.4. The van der Waals surface area contributed by atoms with Crippen LogP contribution < -0.4 is 0 Å². The summed E-state index contributed by atoms with van der Waals surface area (Å²) in [7, 11) is 0. The second-order valence-corrected chi connectivity index (χ2v) is 5.20. The van der Waals surface area contributed by atoms with Crippen molar-refractivity contribution in [1.82, 2.24) is 0 Å². The lowest BCUT2D eigenvalue weighted by Crippen LogP contribution is -2.44. The van der Waals surface area contributed by atoms with E-state index in [9.17, 15) is 19.8 Å². The lowest BCUT2D eigenvalue weighted by Gasteiger charge is -2.34. The molecule has 4 heteroatoms. The standard InChI is InChI=1S/C12H18O4/c1-11(2,15)5-4-8-6-9(13)10(14)7-12(8,3)16/h4-5,8,15-16H,6-7H2,1-3H3/t8?,12-/m1/s1. The summed E-state index contributed by atoms with van der Waals surface area (Å²) in [5.41, 5.74) is -2.19. The van der Waals surface area contributed by atoms with Crippen molar-refractivity contribution in [2.45, 2.75) is 44.8 Å². The molecule has 0 aromatic rings. The summed E-state index contributed by atoms with van der Waals surface area (Å²) in [6.45, 7) is 4.75. The zero-order valence-corrected chi connectivity index (χ0v) is 9.86. The van der Waals surface area contributed by atoms with Gasteiger partial charge in [-0.3, -0.25) is 9.59 Å². The first-order valence-electron chi connectivity index (χ1n) is 5.32. The zero-order valence-electron chi connectivity index (χ0n) is 9.86. The minimum Gasteiger partial charge on any atom is -0.389 e. The Morgan fingerprint density at radius 3 is 2.44 bits per heavy atom. The van der Waals surface area contributed by atoms with Crippen molar-refractivity contribution in [3.63, 3.8) is 0 Å². The highest BCUT2D eigenvalue weighted by molar-refractivity contribution is 6.38. The summed E-state index contributed by atoms with van der Waals surface area (Å²) in [4.78, 5) is 22.4. The third-order valence-electron chi connectivity index (χ3n) is 2.77. The fraction of sp³-hybridized carbons (Fsp3) is 0.667. The maximum absolute atomic E-state index is 11.3. The van der Waals surface area contributed by atoms with Gasteiger partial charge in [0.25, 0.3) is 0 Å². The monoisotopic (exact) mass is 226 g/mol. The molecule has 1 aliphatic rings. The van der Waals surface area contributed by atoms with E-state index < -0.39 is 28.7 Å². The van der Waals surface area contributed by atoms with Crippen LogP contribution in [0.25, 0.3) is 0 Å². The number of rotatable bonds is 2. The molecule has 0 saturated heterocycles. The SMILES string of the molecule is CC(C)(O)C=CC1CC(=O)C(=O)C[C@@]1(C)O. The van der Waals surface area contributed by atoms with Gasteiger partial charge in [0.15, 0.2) is 5.78 Å². The molecule has 1 unspecified atom stereocenters. The van der Waals surface area contributed by atoms with Gasteiger partial charge in [-0.15, -0.1) is 0 Å². The van der Waals surface area contributed by atoms with Crippen LogP contribution in [0.15, 0.2) is 12.2 Å². The molecule has 1 saturated carbocycles. The molecule has 0 radical (unpaired) electrons. The van der Waals surface area contributed by atoms with E-state index in [0.717, 1.165) is 0 Å². The molecule has 0 spiro atoms. The van der Waals surface area contributed by atoms with Crippen molar-refractivity contribution in [2.75, 3.05) is 0 Å². The predicted molar refractivity (Wildman–Crippen MR) is 58.8 cm³/mol. The van der Waals surface area contributed by atoms with Gasteiger partial charge in [0.2, 0.25) is 5.78 Å². The Bertz CT molecular complexity index is 333. The molecule has 1 aliphatic carbocycles. The van der Waals surface area contributed by atoms with E-state index in [2.05, 4.69) is 0 Å². The van der Waals surface area contributed by atoms with Crippen LogP contribution in [-0.4, -0.2) is 33.0 Å². The van der Waals surface area contributed by atoms with Crippen LogP contribution >= 0.6 is 0 Å². The summed E-state index contributed by atoms with van der Waals surface area (Å²) in [5.74, 6) is -1.38. The summed E-state index contributed by atoms with van der Waals surface area (Å²) in [6, 6.07) is 0. The molecule has 90 valence electrons. The van der Waals surface area contributed by atoms with E-state index >= 15 is 0 Å². The van der Waals surface area contributed by atoms with E-state index in [4.69, 9.17) is 0 Å². The number of ketones is 2. The minimum absolute atomic E-state index is 0.0123. The molecule has 0 aromatic heterocycles. The first kappa shape index (κ1) is 13.1. The van der Waals surface area contributed by atoms with E-state index in [1.807, 2.05) is 0 Å². The molecule has 1 fully saturated rings. The number of hydrogen-bond donors (Lipinski definition) is 2. The van der Waals surface area contributed by atoms with Crippen molar-refractivity contribution >= 4 is 11.6 Å². The van der Waals surface area contributed by atoms with Crippen LogP contribution in [0.3, 0.4) is 0 Å². The Morgan fingerprint density at radius 1 is 1.38 bits per heavy atom. The lowest BCUT2D eigenvalue weighted by molar-refractivity contribution is -0.146. The lowest BCUT2D eigenvalue weighted by atomic mass is 9.75. The Morgan fingerprint density at radius 2 is 1.94 bits per heavy atom. The molecule has 2 N–H and O–H groups in total. The van der Waals surface area contributed by atoms with Gasteiger partial charge in [0.1, 0.15) is 0 Å². The highest BCUT2D eigenvalue weighted by atomic mass is 16.3. The molecule has 1 rings (SSSR count). The topological polar surface area (TPSA) is 74.6 Å². The Hall–Kier alpha value is -1.00. The Labute approximate surface area is 95.0 Å². The van der Waals surface area contributed by atoms with Gasteiger partial charge in [0, 0.05) is 18.8 Å². The third kappa shape index (κ3) is 3.25. The molecule has 16 heavy (non-hydrogen) atoms. The fourth-order valence-corrected chi connectivity index (χ4v) is 1.72. The third-order valence-corrected chi connectivity index (χ3v) is 2.77. The largest absolute Gasteiger partial charge is 0.389 e. The maximum Gasteiger partial charge on any atom is 0.201 e. The summed E-state index contributed by atoms with van der Waals surface area (Å²) in [6.07, 6.45) is 3.02. The average molecular weight is 226 g/mol. The van der Waals surface area contributed by atoms with Crippen LogP contribution in [0, 0.1) is 5.92 Å². The quantitative estimate of drug-likeness (QED) is 0.534. The van der Waals surface area contributed by atoms with Gasteiger partial charge in [-0.25, -0.2) is 0 Å². The molecular weight excluding hydrogens is 208 g/mol. The van der Waals surface area contributed by atoms with Gasteiger partial charge in [-0.2, -0.15) is 0 Å². The molecule has 0 bridgehead atoms. The minimum atomic E-state index is -1.20. The molecule has 0 amide bonds. The van der Waals surface area contributed by atoms with Crippen LogP contribution in [0.1, 0.15) is 33.6 Å². The first-order valence-corrected chi connectivity index (χ1v) is 5.32. The maximum atomic E-state index is 11.3. The van der Waals surface area contributed by atoms with Crippen molar-refractivity contribution in [1.29, 1.82) is 0 Å². The van der Waals surface area contributed by atoms with Gasteiger partial charge in [0.05, 0.1) is 11.2 Å². The van der Waals surface area contributed by atoms with E-state index in [0.29, 0.717) is 0 Å². The van der Waals surface area contributed by atoms with Crippen LogP contribution in [0.2, 0.25) is 0 Å². The molecule has 4 nitrogen and oxygen atoms in total. The predicted octanol–water partition coefficient (Wildman–Crippen LogP) is 0.613. The fourth-order valence-electron chi connectivity index (χ4n) is 1.72.